The van der Waals surface area contributed by atoms with Gasteiger partial charge in [-0.2, -0.15) is 0 Å². The van der Waals surface area contributed by atoms with E-state index in [9.17, 15) is 9.59 Å². The molecule has 84 valence electrons. The van der Waals surface area contributed by atoms with Gasteiger partial charge in [-0.1, -0.05) is 24.5 Å². The third-order valence-electron chi connectivity index (χ3n) is 2.82. The van der Waals surface area contributed by atoms with Crippen molar-refractivity contribution in [1.29, 1.82) is 0 Å². The summed E-state index contributed by atoms with van der Waals surface area (Å²) in [6.07, 6.45) is 8.52. The zero-order valence-corrected chi connectivity index (χ0v) is 9.55. The molecule has 0 spiro atoms. The van der Waals surface area contributed by atoms with Crippen molar-refractivity contribution in [1.82, 2.24) is 0 Å². The highest BCUT2D eigenvalue weighted by Gasteiger charge is 2.06. The Bertz CT molecular complexity index is 264. The maximum Gasteiger partial charge on any atom is 0.136 e. The molecule has 0 aliphatic heterocycles. The number of Topliss-reactive ketones (excluding diaryl/α,β-unsaturated/α-hetero) is 2. The molecule has 0 radical (unpaired) electrons. The molecule has 1 aliphatic rings. The van der Waals surface area contributed by atoms with Gasteiger partial charge in [0.15, 0.2) is 0 Å². The second-order valence-corrected chi connectivity index (χ2v) is 4.42. The van der Waals surface area contributed by atoms with Crippen LogP contribution in [-0.2, 0) is 9.59 Å². The number of hydrogen-bond donors (Lipinski definition) is 0. The van der Waals surface area contributed by atoms with E-state index >= 15 is 0 Å². The van der Waals surface area contributed by atoms with Gasteiger partial charge in [0.1, 0.15) is 11.6 Å². The summed E-state index contributed by atoms with van der Waals surface area (Å²) in [6.45, 7) is 1.94. The van der Waals surface area contributed by atoms with Gasteiger partial charge in [-0.05, 0) is 19.8 Å². The summed E-state index contributed by atoms with van der Waals surface area (Å²) >= 11 is 0. The molecule has 0 atom stereocenters. The summed E-state index contributed by atoms with van der Waals surface area (Å²) in [5, 5.41) is 0. The van der Waals surface area contributed by atoms with Crippen LogP contribution in [0.2, 0.25) is 0 Å². The van der Waals surface area contributed by atoms with Crippen LogP contribution in [0.15, 0.2) is 11.6 Å². The Kier molecular flexibility index (Phi) is 5.30. The van der Waals surface area contributed by atoms with E-state index in [1.165, 1.54) is 0 Å². The predicted octanol–water partition coefficient (Wildman–Crippen LogP) is 3.21. The van der Waals surface area contributed by atoms with Crippen LogP contribution in [0.3, 0.4) is 0 Å². The molecule has 0 saturated heterocycles. The molecule has 2 nitrogen and oxygen atoms in total. The Hall–Kier alpha value is -0.920. The lowest BCUT2D eigenvalue weighted by Gasteiger charge is -2.05. The summed E-state index contributed by atoms with van der Waals surface area (Å²) in [4.78, 5) is 22.9. The van der Waals surface area contributed by atoms with Gasteiger partial charge in [0.05, 0.1) is 0 Å². The number of rotatable bonds is 0. The lowest BCUT2D eigenvalue weighted by molar-refractivity contribution is -0.119. The molecule has 0 N–H and O–H groups in total. The second-order valence-electron chi connectivity index (χ2n) is 4.42. The molecular weight excluding hydrogens is 188 g/mol. The first-order valence-electron chi connectivity index (χ1n) is 5.87. The van der Waals surface area contributed by atoms with Gasteiger partial charge >= 0.3 is 0 Å². The summed E-state index contributed by atoms with van der Waals surface area (Å²) in [6, 6.07) is 0. The molecule has 0 heterocycles. The van der Waals surface area contributed by atoms with Crippen LogP contribution in [0.4, 0.5) is 0 Å². The second kappa shape index (κ2) is 6.54. The highest BCUT2D eigenvalue weighted by Crippen LogP contribution is 2.13. The average Bonchev–Trinajstić information content (AvgIpc) is 2.18. The van der Waals surface area contributed by atoms with Crippen molar-refractivity contribution in [2.24, 2.45) is 0 Å². The molecule has 0 aromatic carbocycles. The van der Waals surface area contributed by atoms with E-state index in [0.717, 1.165) is 31.3 Å². The quantitative estimate of drug-likeness (QED) is 0.573. The third kappa shape index (κ3) is 5.50. The highest BCUT2D eigenvalue weighted by molar-refractivity contribution is 5.82. The standard InChI is InChI=1S/C13H20O2/c1-11-8-9-12(14)6-4-2-3-5-7-13(15)10-11/h8H,2-7,9-10H2,1H3/b11-8+. The van der Waals surface area contributed by atoms with Crippen molar-refractivity contribution in [3.63, 3.8) is 0 Å². The maximum absolute atomic E-state index is 11.5. The first kappa shape index (κ1) is 12.2. The Labute approximate surface area is 91.7 Å². The van der Waals surface area contributed by atoms with E-state index in [1.807, 2.05) is 13.0 Å². The number of hydrogen-bond acceptors (Lipinski definition) is 2. The number of carbonyl (C=O) groups excluding carboxylic acids is 2. The Balaban J connectivity index is 2.52. The normalized spacial score (nSPS) is 25.0. The molecule has 0 amide bonds. The van der Waals surface area contributed by atoms with Gasteiger partial charge in [-0.25, -0.2) is 0 Å². The van der Waals surface area contributed by atoms with Gasteiger partial charge in [0, 0.05) is 25.7 Å². The van der Waals surface area contributed by atoms with Crippen LogP contribution >= 0.6 is 0 Å². The number of ketones is 2. The molecule has 0 fully saturated rings. The van der Waals surface area contributed by atoms with Crippen molar-refractivity contribution in [3.8, 4) is 0 Å². The van der Waals surface area contributed by atoms with Crippen LogP contribution in [0, 0.1) is 0 Å². The van der Waals surface area contributed by atoms with E-state index in [4.69, 9.17) is 0 Å². The highest BCUT2D eigenvalue weighted by atomic mass is 16.1. The van der Waals surface area contributed by atoms with Gasteiger partial charge in [-0.15, -0.1) is 0 Å². The molecule has 1 aliphatic carbocycles. The van der Waals surface area contributed by atoms with Crippen molar-refractivity contribution in [2.75, 3.05) is 0 Å². The van der Waals surface area contributed by atoms with Crippen molar-refractivity contribution < 1.29 is 9.59 Å². The largest absolute Gasteiger partial charge is 0.299 e. The van der Waals surface area contributed by atoms with Gasteiger partial charge in [0.25, 0.3) is 0 Å². The Morgan fingerprint density at radius 1 is 0.933 bits per heavy atom. The van der Waals surface area contributed by atoms with E-state index in [0.29, 0.717) is 37.2 Å². The Morgan fingerprint density at radius 2 is 1.53 bits per heavy atom. The SMILES string of the molecule is C/C1=C\CC(=O)CCCCCCC(=O)C1. The third-order valence-corrected chi connectivity index (χ3v) is 2.82. The molecule has 0 aromatic rings. The van der Waals surface area contributed by atoms with E-state index < -0.39 is 0 Å². The zero-order chi connectivity index (χ0) is 11.1. The lowest BCUT2D eigenvalue weighted by atomic mass is 10.00. The molecular formula is C13H20O2. The fourth-order valence-electron chi connectivity index (χ4n) is 1.86. The van der Waals surface area contributed by atoms with Gasteiger partial charge in [-0.3, -0.25) is 9.59 Å². The van der Waals surface area contributed by atoms with Crippen molar-refractivity contribution in [2.45, 2.75) is 58.3 Å². The van der Waals surface area contributed by atoms with Crippen LogP contribution in [0.1, 0.15) is 58.3 Å². The summed E-state index contributed by atoms with van der Waals surface area (Å²) in [5.41, 5.74) is 1.05. The number of allylic oxidation sites excluding steroid dienone is 2. The first-order valence-corrected chi connectivity index (χ1v) is 5.87. The molecule has 1 rings (SSSR count). The van der Waals surface area contributed by atoms with Crippen LogP contribution < -0.4 is 0 Å². The molecule has 0 saturated carbocycles. The van der Waals surface area contributed by atoms with Gasteiger partial charge in [0.2, 0.25) is 0 Å². The molecule has 0 bridgehead atoms. The van der Waals surface area contributed by atoms with Crippen LogP contribution in [0.25, 0.3) is 0 Å². The van der Waals surface area contributed by atoms with E-state index in [1.54, 1.807) is 0 Å². The monoisotopic (exact) mass is 208 g/mol. The fraction of sp³-hybridized carbons (Fsp3) is 0.692. The number of carbonyl (C=O) groups is 2. The minimum atomic E-state index is 0.308. The van der Waals surface area contributed by atoms with Crippen LogP contribution in [0.5, 0.6) is 0 Å². The smallest absolute Gasteiger partial charge is 0.136 e. The van der Waals surface area contributed by atoms with Crippen molar-refractivity contribution >= 4 is 11.6 Å². The summed E-state index contributed by atoms with van der Waals surface area (Å²) in [7, 11) is 0. The molecule has 2 heteroatoms. The first-order chi connectivity index (χ1) is 7.18. The fourth-order valence-corrected chi connectivity index (χ4v) is 1.86. The topological polar surface area (TPSA) is 34.1 Å². The van der Waals surface area contributed by atoms with Gasteiger partial charge < -0.3 is 0 Å². The predicted molar refractivity (Wildman–Crippen MR) is 60.7 cm³/mol. The molecule has 0 unspecified atom stereocenters. The molecule has 15 heavy (non-hydrogen) atoms. The average molecular weight is 208 g/mol. The summed E-state index contributed by atoms with van der Waals surface area (Å²) < 4.78 is 0. The van der Waals surface area contributed by atoms with E-state index in [-0.39, 0.29) is 0 Å². The van der Waals surface area contributed by atoms with E-state index in [2.05, 4.69) is 0 Å². The summed E-state index contributed by atoms with van der Waals surface area (Å²) in [5.74, 6) is 0.624. The van der Waals surface area contributed by atoms with Crippen molar-refractivity contribution in [3.05, 3.63) is 11.6 Å². The lowest BCUT2D eigenvalue weighted by Crippen LogP contribution is -2.02. The Morgan fingerprint density at radius 3 is 2.20 bits per heavy atom. The minimum absolute atomic E-state index is 0.308. The zero-order valence-electron chi connectivity index (χ0n) is 9.55. The molecule has 0 aromatic heterocycles. The maximum atomic E-state index is 11.5. The van der Waals surface area contributed by atoms with Crippen LogP contribution in [-0.4, -0.2) is 11.6 Å². The minimum Gasteiger partial charge on any atom is -0.299 e.